The van der Waals surface area contributed by atoms with Crippen molar-refractivity contribution in [2.45, 2.75) is 38.4 Å². The average molecular weight is 314 g/mol. The van der Waals surface area contributed by atoms with Gasteiger partial charge in [-0.1, -0.05) is 12.1 Å². The molecule has 1 fully saturated rings. The van der Waals surface area contributed by atoms with Gasteiger partial charge < -0.3 is 15.0 Å². The van der Waals surface area contributed by atoms with E-state index in [0.717, 1.165) is 44.8 Å². The third kappa shape index (κ3) is 5.08. The van der Waals surface area contributed by atoms with E-state index in [0.29, 0.717) is 12.6 Å². The lowest BCUT2D eigenvalue weighted by molar-refractivity contribution is 0.275. The fourth-order valence-electron chi connectivity index (χ4n) is 2.98. The van der Waals surface area contributed by atoms with Gasteiger partial charge in [0.2, 0.25) is 0 Å². The molecule has 124 valence electrons. The maximum Gasteiger partial charge on any atom is 0.119 e. The van der Waals surface area contributed by atoms with Crippen molar-refractivity contribution in [1.82, 2.24) is 14.5 Å². The number of likely N-dealkylation sites (tertiary alicyclic amines) is 1. The van der Waals surface area contributed by atoms with Crippen LogP contribution in [0.1, 0.15) is 24.8 Å². The summed E-state index contributed by atoms with van der Waals surface area (Å²) in [5.74, 6) is 0.923. The van der Waals surface area contributed by atoms with Crippen molar-refractivity contribution in [3.8, 4) is 5.75 Å². The first-order valence-corrected chi connectivity index (χ1v) is 8.45. The summed E-state index contributed by atoms with van der Waals surface area (Å²) in [7, 11) is 0. The Bertz CT molecular complexity index is 567. The summed E-state index contributed by atoms with van der Waals surface area (Å²) in [5.41, 5.74) is 7.38. The summed E-state index contributed by atoms with van der Waals surface area (Å²) in [4.78, 5) is 6.52. The van der Waals surface area contributed by atoms with Crippen molar-refractivity contribution in [3.05, 3.63) is 48.5 Å². The van der Waals surface area contributed by atoms with Crippen molar-refractivity contribution in [1.29, 1.82) is 0 Å². The van der Waals surface area contributed by atoms with Crippen LogP contribution in [0.25, 0.3) is 0 Å². The van der Waals surface area contributed by atoms with E-state index in [4.69, 9.17) is 10.5 Å². The predicted molar refractivity (Wildman–Crippen MR) is 91.3 cm³/mol. The van der Waals surface area contributed by atoms with Gasteiger partial charge in [0.25, 0.3) is 0 Å². The van der Waals surface area contributed by atoms with Crippen LogP contribution >= 0.6 is 0 Å². The summed E-state index contributed by atoms with van der Waals surface area (Å²) in [6.07, 6.45) is 9.00. The highest BCUT2D eigenvalue weighted by molar-refractivity contribution is 5.27. The van der Waals surface area contributed by atoms with E-state index in [9.17, 15) is 0 Å². The van der Waals surface area contributed by atoms with E-state index in [1.807, 2.05) is 10.8 Å². The summed E-state index contributed by atoms with van der Waals surface area (Å²) in [6.45, 7) is 4.72. The molecule has 1 aromatic heterocycles. The van der Waals surface area contributed by atoms with Crippen molar-refractivity contribution in [2.75, 3.05) is 19.7 Å². The minimum atomic E-state index is 0.381. The van der Waals surface area contributed by atoms with E-state index < -0.39 is 0 Å². The van der Waals surface area contributed by atoms with E-state index in [2.05, 4.69) is 34.1 Å². The molecule has 0 bridgehead atoms. The van der Waals surface area contributed by atoms with Gasteiger partial charge in [-0.3, -0.25) is 4.90 Å². The maximum atomic E-state index is 6.04. The molecule has 0 saturated carbocycles. The molecule has 1 aliphatic rings. The SMILES string of the molecule is NC1CCCN(Cc2ccc(OCCn3ccnc3)cc2)CC1. The molecule has 0 aliphatic carbocycles. The molecule has 1 saturated heterocycles. The highest BCUT2D eigenvalue weighted by Gasteiger charge is 2.13. The molecule has 5 heteroatoms. The summed E-state index contributed by atoms with van der Waals surface area (Å²) < 4.78 is 7.79. The minimum Gasteiger partial charge on any atom is -0.492 e. The molecule has 0 spiro atoms. The Balaban J connectivity index is 1.45. The Morgan fingerprint density at radius 1 is 1.17 bits per heavy atom. The van der Waals surface area contributed by atoms with Crippen LogP contribution in [0.15, 0.2) is 43.0 Å². The van der Waals surface area contributed by atoms with Crippen LogP contribution in [-0.2, 0) is 13.1 Å². The molecule has 1 aromatic carbocycles. The van der Waals surface area contributed by atoms with E-state index in [1.54, 1.807) is 12.5 Å². The first kappa shape index (κ1) is 16.0. The number of benzene rings is 1. The van der Waals surface area contributed by atoms with Gasteiger partial charge in [-0.25, -0.2) is 4.98 Å². The Morgan fingerprint density at radius 3 is 2.83 bits per heavy atom. The highest BCUT2D eigenvalue weighted by atomic mass is 16.5. The molecule has 0 amide bonds. The molecule has 2 aromatic rings. The van der Waals surface area contributed by atoms with Gasteiger partial charge in [0.05, 0.1) is 12.9 Å². The van der Waals surface area contributed by atoms with Gasteiger partial charge in [0.1, 0.15) is 12.4 Å². The third-order valence-corrected chi connectivity index (χ3v) is 4.37. The van der Waals surface area contributed by atoms with Gasteiger partial charge in [0, 0.05) is 25.0 Å². The molecule has 5 nitrogen and oxygen atoms in total. The summed E-state index contributed by atoms with van der Waals surface area (Å²) in [5, 5.41) is 0. The van der Waals surface area contributed by atoms with Crippen LogP contribution in [0, 0.1) is 0 Å². The Labute approximate surface area is 138 Å². The zero-order chi connectivity index (χ0) is 15.9. The Morgan fingerprint density at radius 2 is 2.04 bits per heavy atom. The van der Waals surface area contributed by atoms with Crippen molar-refractivity contribution < 1.29 is 4.74 Å². The molecule has 23 heavy (non-hydrogen) atoms. The van der Waals surface area contributed by atoms with Crippen molar-refractivity contribution >= 4 is 0 Å². The minimum absolute atomic E-state index is 0.381. The average Bonchev–Trinajstić information content (AvgIpc) is 2.99. The number of nitrogens with zero attached hydrogens (tertiary/aromatic N) is 3. The lowest BCUT2D eigenvalue weighted by Crippen LogP contribution is -2.26. The number of imidazole rings is 1. The number of hydrogen-bond donors (Lipinski definition) is 1. The van der Waals surface area contributed by atoms with Crippen LogP contribution in [0.5, 0.6) is 5.75 Å². The molecule has 1 unspecified atom stereocenters. The number of ether oxygens (including phenoxy) is 1. The summed E-state index contributed by atoms with van der Waals surface area (Å²) in [6, 6.07) is 8.83. The largest absolute Gasteiger partial charge is 0.492 e. The molecule has 1 atom stereocenters. The molecule has 2 N–H and O–H groups in total. The molecule has 1 aliphatic heterocycles. The number of aromatic nitrogens is 2. The van der Waals surface area contributed by atoms with Gasteiger partial charge in [0.15, 0.2) is 0 Å². The van der Waals surface area contributed by atoms with Crippen LogP contribution in [-0.4, -0.2) is 40.2 Å². The first-order valence-electron chi connectivity index (χ1n) is 8.45. The topological polar surface area (TPSA) is 56.3 Å². The van der Waals surface area contributed by atoms with Crippen molar-refractivity contribution in [3.63, 3.8) is 0 Å². The van der Waals surface area contributed by atoms with Crippen molar-refractivity contribution in [2.24, 2.45) is 5.73 Å². The standard InChI is InChI=1S/C18H26N4O/c19-17-2-1-9-21(10-7-17)14-16-3-5-18(6-4-16)23-13-12-22-11-8-20-15-22/h3-6,8,11,15,17H,1-2,7,9-10,12-14,19H2. The zero-order valence-electron chi connectivity index (χ0n) is 13.6. The monoisotopic (exact) mass is 314 g/mol. The summed E-state index contributed by atoms with van der Waals surface area (Å²) >= 11 is 0. The highest BCUT2D eigenvalue weighted by Crippen LogP contribution is 2.16. The number of rotatable bonds is 6. The Hall–Kier alpha value is -1.85. The molecular formula is C18H26N4O. The number of nitrogens with two attached hydrogens (primary N) is 1. The zero-order valence-corrected chi connectivity index (χ0v) is 13.6. The number of hydrogen-bond acceptors (Lipinski definition) is 4. The second-order valence-electron chi connectivity index (χ2n) is 6.26. The van der Waals surface area contributed by atoms with Gasteiger partial charge >= 0.3 is 0 Å². The molecule has 0 radical (unpaired) electrons. The van der Waals surface area contributed by atoms with Crippen LogP contribution in [0.4, 0.5) is 0 Å². The fraction of sp³-hybridized carbons (Fsp3) is 0.500. The maximum absolute atomic E-state index is 6.04. The normalized spacial score (nSPS) is 19.4. The van der Waals surface area contributed by atoms with E-state index in [1.165, 1.54) is 12.0 Å². The van der Waals surface area contributed by atoms with Gasteiger partial charge in [-0.05, 0) is 50.0 Å². The molecule has 2 heterocycles. The fourth-order valence-corrected chi connectivity index (χ4v) is 2.98. The van der Waals surface area contributed by atoms with Gasteiger partial charge in [-0.15, -0.1) is 0 Å². The second-order valence-corrected chi connectivity index (χ2v) is 6.26. The van der Waals surface area contributed by atoms with E-state index >= 15 is 0 Å². The van der Waals surface area contributed by atoms with Crippen LogP contribution in [0.2, 0.25) is 0 Å². The quantitative estimate of drug-likeness (QED) is 0.889. The second kappa shape index (κ2) is 8.13. The lowest BCUT2D eigenvalue weighted by Gasteiger charge is -2.20. The third-order valence-electron chi connectivity index (χ3n) is 4.37. The lowest BCUT2D eigenvalue weighted by atomic mass is 10.1. The van der Waals surface area contributed by atoms with Gasteiger partial charge in [-0.2, -0.15) is 0 Å². The molecular weight excluding hydrogens is 288 g/mol. The Kier molecular flexibility index (Phi) is 5.66. The first-order chi connectivity index (χ1) is 11.3. The predicted octanol–water partition coefficient (Wildman–Crippen LogP) is 2.28. The van der Waals surface area contributed by atoms with Crippen LogP contribution in [0.3, 0.4) is 0 Å². The van der Waals surface area contributed by atoms with Crippen LogP contribution < -0.4 is 10.5 Å². The molecule has 3 rings (SSSR count). The smallest absolute Gasteiger partial charge is 0.119 e. The van der Waals surface area contributed by atoms with E-state index in [-0.39, 0.29) is 0 Å².